The van der Waals surface area contributed by atoms with Crippen LogP contribution in [-0.2, 0) is 22.5 Å². The molecule has 2 N–H and O–H groups in total. The van der Waals surface area contributed by atoms with Crippen molar-refractivity contribution in [2.75, 3.05) is 40.0 Å². The summed E-state index contributed by atoms with van der Waals surface area (Å²) in [5.74, 6) is 0.696. The minimum atomic E-state index is 0.0903. The number of rotatable bonds is 8. The number of aliphatic hydroxyl groups is 1. The fraction of sp³-hybridized carbons (Fsp3) is 0.812. The molecule has 1 aromatic heterocycles. The van der Waals surface area contributed by atoms with Crippen LogP contribution in [0.3, 0.4) is 0 Å². The zero-order chi connectivity index (χ0) is 16.9. The zero-order valence-corrected chi connectivity index (χ0v) is 14.2. The highest BCUT2D eigenvalue weighted by atomic mass is 16.5. The number of nitrogens with one attached hydrogen (secondary N) is 1. The molecule has 3 fully saturated rings. The summed E-state index contributed by atoms with van der Waals surface area (Å²) >= 11 is 0. The molecule has 0 aromatic carbocycles. The Morgan fingerprint density at radius 2 is 2.42 bits per heavy atom. The summed E-state index contributed by atoms with van der Waals surface area (Å²) < 4.78 is 6.85. The summed E-state index contributed by atoms with van der Waals surface area (Å²) in [4.78, 5) is 14.8. The Morgan fingerprint density at radius 3 is 3.12 bits per heavy atom. The van der Waals surface area contributed by atoms with Gasteiger partial charge in [-0.3, -0.25) is 14.4 Å². The van der Waals surface area contributed by atoms with Gasteiger partial charge in [-0.2, -0.15) is 0 Å². The van der Waals surface area contributed by atoms with E-state index < -0.39 is 0 Å². The Kier molecular flexibility index (Phi) is 5.80. The van der Waals surface area contributed by atoms with Crippen LogP contribution in [0.5, 0.6) is 0 Å². The van der Waals surface area contributed by atoms with Gasteiger partial charge in [0.25, 0.3) is 0 Å². The van der Waals surface area contributed by atoms with Gasteiger partial charge in [0.05, 0.1) is 24.8 Å². The second-order valence-corrected chi connectivity index (χ2v) is 6.73. The van der Waals surface area contributed by atoms with Crippen molar-refractivity contribution >= 4 is 5.91 Å². The van der Waals surface area contributed by atoms with Crippen LogP contribution in [0.1, 0.15) is 18.5 Å². The lowest BCUT2D eigenvalue weighted by atomic mass is 9.75. The van der Waals surface area contributed by atoms with Crippen molar-refractivity contribution in [1.82, 2.24) is 25.2 Å². The molecule has 8 heteroatoms. The molecule has 1 aromatic rings. The van der Waals surface area contributed by atoms with Crippen molar-refractivity contribution < 1.29 is 14.6 Å². The normalized spacial score (nSPS) is 28.9. The van der Waals surface area contributed by atoms with Gasteiger partial charge in [0.15, 0.2) is 0 Å². The van der Waals surface area contributed by atoms with E-state index in [1.54, 1.807) is 7.11 Å². The monoisotopic (exact) mass is 337 g/mol. The number of nitrogens with zero attached hydrogens (tertiary/aromatic N) is 4. The number of methoxy groups -OCH3 is 1. The van der Waals surface area contributed by atoms with Gasteiger partial charge < -0.3 is 15.2 Å². The van der Waals surface area contributed by atoms with Gasteiger partial charge in [0, 0.05) is 45.5 Å². The first-order valence-electron chi connectivity index (χ1n) is 8.71. The van der Waals surface area contributed by atoms with Crippen LogP contribution in [0.2, 0.25) is 0 Å². The van der Waals surface area contributed by atoms with Gasteiger partial charge in [-0.15, -0.1) is 5.10 Å². The molecule has 1 unspecified atom stereocenters. The molecule has 0 spiro atoms. The number of aromatic nitrogens is 3. The molecule has 3 aliphatic heterocycles. The highest BCUT2D eigenvalue weighted by molar-refractivity contribution is 5.79. The number of carbonyl (C=O) groups is 1. The molecule has 3 saturated heterocycles. The number of carbonyl (C=O) groups excluding carboxylic acids is 1. The highest BCUT2D eigenvalue weighted by Crippen LogP contribution is 2.36. The van der Waals surface area contributed by atoms with Gasteiger partial charge in [-0.25, -0.2) is 0 Å². The summed E-state index contributed by atoms with van der Waals surface area (Å²) in [7, 11) is 1.64. The Bertz CT molecular complexity index is 550. The fourth-order valence-corrected chi connectivity index (χ4v) is 3.91. The molecule has 1 amide bonds. The van der Waals surface area contributed by atoms with Gasteiger partial charge in [-0.1, -0.05) is 5.21 Å². The first-order valence-corrected chi connectivity index (χ1v) is 8.71. The smallest absolute Gasteiger partial charge is 0.224 e. The number of piperidine rings is 3. The molecular formula is C16H27N5O3. The largest absolute Gasteiger partial charge is 0.396 e. The number of hydrogen-bond donors (Lipinski definition) is 2. The summed E-state index contributed by atoms with van der Waals surface area (Å²) in [5, 5.41) is 20.2. The third-order valence-electron chi connectivity index (χ3n) is 5.17. The summed E-state index contributed by atoms with van der Waals surface area (Å²) in [6.07, 6.45) is 4.57. The van der Waals surface area contributed by atoms with E-state index in [1.165, 1.54) is 0 Å². The average molecular weight is 337 g/mol. The Morgan fingerprint density at radius 1 is 1.54 bits per heavy atom. The van der Waals surface area contributed by atoms with Crippen LogP contribution >= 0.6 is 0 Å². The number of ether oxygens (including phenoxy) is 1. The van der Waals surface area contributed by atoms with Gasteiger partial charge in [0.1, 0.15) is 0 Å². The predicted molar refractivity (Wildman–Crippen MR) is 87.3 cm³/mol. The van der Waals surface area contributed by atoms with Crippen LogP contribution in [0.4, 0.5) is 0 Å². The molecule has 24 heavy (non-hydrogen) atoms. The van der Waals surface area contributed by atoms with E-state index in [-0.39, 0.29) is 18.4 Å². The Balaban J connectivity index is 1.54. The van der Waals surface area contributed by atoms with Crippen LogP contribution in [-0.4, -0.2) is 76.9 Å². The first kappa shape index (κ1) is 17.3. The quantitative estimate of drug-likeness (QED) is 0.609. The second-order valence-electron chi connectivity index (χ2n) is 6.73. The molecule has 0 radical (unpaired) electrons. The van der Waals surface area contributed by atoms with E-state index in [9.17, 15) is 4.79 Å². The molecule has 4 atom stereocenters. The lowest BCUT2D eigenvalue weighted by Gasteiger charge is -2.49. The molecule has 0 saturated carbocycles. The third kappa shape index (κ3) is 3.93. The standard InChI is InChI=1S/C16H27N5O3/c1-24-7-4-17-16(23)15-11-20-5-2-12(15)8-14(20)10-21-9-13(3-6-22)18-19-21/h9,12,14-15,22H,2-8,10-11H2,1H3,(H,17,23)/t12-,14-,15-/m1/s1. The van der Waals surface area contributed by atoms with Gasteiger partial charge >= 0.3 is 0 Å². The molecule has 8 nitrogen and oxygen atoms in total. The van der Waals surface area contributed by atoms with E-state index in [4.69, 9.17) is 9.84 Å². The van der Waals surface area contributed by atoms with E-state index in [2.05, 4.69) is 20.5 Å². The molecule has 134 valence electrons. The van der Waals surface area contributed by atoms with Crippen molar-refractivity contribution in [3.05, 3.63) is 11.9 Å². The average Bonchev–Trinajstić information content (AvgIpc) is 3.03. The lowest BCUT2D eigenvalue weighted by molar-refractivity contribution is -0.133. The maximum atomic E-state index is 12.4. The topological polar surface area (TPSA) is 92.5 Å². The highest BCUT2D eigenvalue weighted by Gasteiger charge is 2.43. The molecule has 3 aliphatic rings. The minimum Gasteiger partial charge on any atom is -0.396 e. The number of fused-ring (bicyclic) bond motifs is 3. The van der Waals surface area contributed by atoms with Gasteiger partial charge in [0.2, 0.25) is 5.91 Å². The van der Waals surface area contributed by atoms with E-state index in [0.717, 1.165) is 38.2 Å². The molecular weight excluding hydrogens is 310 g/mol. The van der Waals surface area contributed by atoms with Crippen molar-refractivity contribution in [1.29, 1.82) is 0 Å². The first-order chi connectivity index (χ1) is 11.7. The molecule has 4 rings (SSSR count). The maximum absolute atomic E-state index is 12.4. The minimum absolute atomic E-state index is 0.0903. The predicted octanol–water partition coefficient (Wildman–Crippen LogP) is -0.714. The number of aliphatic hydroxyl groups excluding tert-OH is 1. The second kappa shape index (κ2) is 8.04. The molecule has 0 aliphatic carbocycles. The van der Waals surface area contributed by atoms with Crippen molar-refractivity contribution in [2.24, 2.45) is 11.8 Å². The van der Waals surface area contributed by atoms with Crippen LogP contribution in [0, 0.1) is 11.8 Å². The fourth-order valence-electron chi connectivity index (χ4n) is 3.91. The molecule has 4 heterocycles. The van der Waals surface area contributed by atoms with Crippen LogP contribution < -0.4 is 5.32 Å². The molecule has 2 bridgehead atoms. The van der Waals surface area contributed by atoms with E-state index in [1.807, 2.05) is 10.9 Å². The van der Waals surface area contributed by atoms with Crippen LogP contribution in [0.25, 0.3) is 0 Å². The summed E-state index contributed by atoms with van der Waals surface area (Å²) in [5.41, 5.74) is 0.823. The SMILES string of the molecule is COCCNC(=O)[C@@H]1CN2CC[C@@H]1C[C@@H]2Cn1cc(CCO)nn1. The lowest BCUT2D eigenvalue weighted by Crippen LogP contribution is -2.58. The number of hydrogen-bond acceptors (Lipinski definition) is 6. The number of amides is 1. The Hall–Kier alpha value is -1.51. The summed E-state index contributed by atoms with van der Waals surface area (Å²) in [6.45, 7) is 3.90. The van der Waals surface area contributed by atoms with Crippen molar-refractivity contribution in [2.45, 2.75) is 31.8 Å². The van der Waals surface area contributed by atoms with E-state index in [0.29, 0.717) is 31.5 Å². The summed E-state index contributed by atoms with van der Waals surface area (Å²) in [6, 6.07) is 0.412. The van der Waals surface area contributed by atoms with Crippen LogP contribution in [0.15, 0.2) is 6.20 Å². The van der Waals surface area contributed by atoms with Crippen molar-refractivity contribution in [3.8, 4) is 0 Å². The maximum Gasteiger partial charge on any atom is 0.224 e. The zero-order valence-electron chi connectivity index (χ0n) is 14.2. The van der Waals surface area contributed by atoms with Gasteiger partial charge in [-0.05, 0) is 25.3 Å². The van der Waals surface area contributed by atoms with Crippen molar-refractivity contribution in [3.63, 3.8) is 0 Å². The van der Waals surface area contributed by atoms with E-state index >= 15 is 0 Å². The third-order valence-corrected chi connectivity index (χ3v) is 5.17. The Labute approximate surface area is 142 Å².